The summed E-state index contributed by atoms with van der Waals surface area (Å²) >= 11 is 0. The summed E-state index contributed by atoms with van der Waals surface area (Å²) in [6.45, 7) is 0.477. The second-order valence-electron chi connectivity index (χ2n) is 4.04. The van der Waals surface area contributed by atoms with Gasteiger partial charge in [-0.2, -0.15) is 18.4 Å². The summed E-state index contributed by atoms with van der Waals surface area (Å²) in [4.78, 5) is 11.7. The van der Waals surface area contributed by atoms with Gasteiger partial charge in [-0.05, 0) is 23.8 Å². The Morgan fingerprint density at radius 2 is 2.19 bits per heavy atom. The van der Waals surface area contributed by atoms with E-state index in [4.69, 9.17) is 10.00 Å². The zero-order valence-electron chi connectivity index (χ0n) is 11.2. The van der Waals surface area contributed by atoms with E-state index in [1.54, 1.807) is 6.07 Å². The van der Waals surface area contributed by atoms with Crippen LogP contribution in [-0.4, -0.2) is 26.2 Å². The van der Waals surface area contributed by atoms with Crippen molar-refractivity contribution in [3.05, 3.63) is 41.0 Å². The van der Waals surface area contributed by atoms with Crippen molar-refractivity contribution in [2.75, 3.05) is 20.3 Å². The standard InChI is InChI=1S/C14H13F3N2O2/c1-21-6-5-19-13(20)11(9-18)7-10-3-2-4-12(8-10)14(15,16)17/h2-4,7-8H,5-6H2,1H3,(H,19,20)/b11-7-. The van der Waals surface area contributed by atoms with E-state index in [0.717, 1.165) is 18.2 Å². The average molecular weight is 298 g/mol. The van der Waals surface area contributed by atoms with Crippen LogP contribution in [0.25, 0.3) is 6.08 Å². The molecule has 0 heterocycles. The summed E-state index contributed by atoms with van der Waals surface area (Å²) in [5, 5.41) is 11.3. The molecule has 0 fully saturated rings. The topological polar surface area (TPSA) is 62.1 Å². The fourth-order valence-corrected chi connectivity index (χ4v) is 1.48. The Morgan fingerprint density at radius 1 is 1.48 bits per heavy atom. The summed E-state index contributed by atoms with van der Waals surface area (Å²) in [6, 6.07) is 6.05. The molecule has 1 aromatic rings. The van der Waals surface area contributed by atoms with Crippen LogP contribution in [0, 0.1) is 11.3 Å². The van der Waals surface area contributed by atoms with Crippen molar-refractivity contribution in [2.24, 2.45) is 0 Å². The number of rotatable bonds is 5. The van der Waals surface area contributed by atoms with E-state index in [2.05, 4.69) is 5.32 Å². The van der Waals surface area contributed by atoms with Gasteiger partial charge in [-0.3, -0.25) is 4.79 Å². The van der Waals surface area contributed by atoms with Gasteiger partial charge in [0, 0.05) is 13.7 Å². The lowest BCUT2D eigenvalue weighted by Crippen LogP contribution is -2.27. The fraction of sp³-hybridized carbons (Fsp3) is 0.286. The maximum Gasteiger partial charge on any atom is 0.416 e. The Hall–Kier alpha value is -2.33. The van der Waals surface area contributed by atoms with E-state index >= 15 is 0 Å². The molecule has 0 saturated heterocycles. The van der Waals surface area contributed by atoms with Crippen molar-refractivity contribution in [1.82, 2.24) is 5.32 Å². The number of hydrogen-bond acceptors (Lipinski definition) is 3. The highest BCUT2D eigenvalue weighted by Crippen LogP contribution is 2.29. The molecule has 0 saturated carbocycles. The maximum atomic E-state index is 12.6. The zero-order valence-corrected chi connectivity index (χ0v) is 11.2. The molecular formula is C14H13F3N2O2. The highest BCUT2D eigenvalue weighted by atomic mass is 19.4. The van der Waals surface area contributed by atoms with E-state index in [1.807, 2.05) is 0 Å². The normalized spacial score (nSPS) is 11.9. The van der Waals surface area contributed by atoms with Gasteiger partial charge in [0.1, 0.15) is 11.6 Å². The number of carbonyl (C=O) groups is 1. The molecule has 1 amide bonds. The molecule has 0 aromatic heterocycles. The monoisotopic (exact) mass is 298 g/mol. The second kappa shape index (κ2) is 7.45. The third-order valence-corrected chi connectivity index (χ3v) is 2.48. The molecular weight excluding hydrogens is 285 g/mol. The summed E-state index contributed by atoms with van der Waals surface area (Å²) in [7, 11) is 1.45. The molecule has 0 atom stereocenters. The first-order chi connectivity index (χ1) is 9.88. The van der Waals surface area contributed by atoms with Crippen LogP contribution >= 0.6 is 0 Å². The number of nitrogens with zero attached hydrogens (tertiary/aromatic N) is 1. The van der Waals surface area contributed by atoms with Crippen molar-refractivity contribution >= 4 is 12.0 Å². The minimum Gasteiger partial charge on any atom is -0.383 e. The van der Waals surface area contributed by atoms with Crippen LogP contribution in [0.5, 0.6) is 0 Å². The Kier molecular flexibility index (Phi) is 5.93. The highest BCUT2D eigenvalue weighted by Gasteiger charge is 2.30. The molecule has 1 N–H and O–H groups in total. The first-order valence-electron chi connectivity index (χ1n) is 5.94. The molecule has 1 aromatic carbocycles. The van der Waals surface area contributed by atoms with Crippen LogP contribution in [0.15, 0.2) is 29.8 Å². The molecule has 4 nitrogen and oxygen atoms in total. The number of nitriles is 1. The third-order valence-electron chi connectivity index (χ3n) is 2.48. The first kappa shape index (κ1) is 16.7. The zero-order chi connectivity index (χ0) is 15.9. The molecule has 0 spiro atoms. The average Bonchev–Trinajstić information content (AvgIpc) is 2.44. The number of ether oxygens (including phenoxy) is 1. The maximum absolute atomic E-state index is 12.6. The van der Waals surface area contributed by atoms with Gasteiger partial charge in [0.25, 0.3) is 5.91 Å². The van der Waals surface area contributed by atoms with Crippen molar-refractivity contribution in [1.29, 1.82) is 5.26 Å². The Balaban J connectivity index is 2.93. The van der Waals surface area contributed by atoms with E-state index < -0.39 is 17.6 Å². The largest absolute Gasteiger partial charge is 0.416 e. The van der Waals surface area contributed by atoms with Gasteiger partial charge in [0.15, 0.2) is 0 Å². The molecule has 0 radical (unpaired) electrons. The van der Waals surface area contributed by atoms with Crippen molar-refractivity contribution in [2.45, 2.75) is 6.18 Å². The van der Waals surface area contributed by atoms with Crippen LogP contribution in [-0.2, 0) is 15.7 Å². The molecule has 7 heteroatoms. The lowest BCUT2D eigenvalue weighted by molar-refractivity contribution is -0.137. The van der Waals surface area contributed by atoms with Gasteiger partial charge in [0.05, 0.1) is 12.2 Å². The van der Waals surface area contributed by atoms with Gasteiger partial charge in [-0.25, -0.2) is 0 Å². The van der Waals surface area contributed by atoms with Crippen molar-refractivity contribution < 1.29 is 22.7 Å². The highest BCUT2D eigenvalue weighted by molar-refractivity contribution is 6.01. The van der Waals surface area contributed by atoms with Crippen LogP contribution in [0.1, 0.15) is 11.1 Å². The van der Waals surface area contributed by atoms with E-state index in [0.29, 0.717) is 0 Å². The Bertz CT molecular complexity index is 574. The summed E-state index contributed by atoms with van der Waals surface area (Å²) in [6.07, 6.45) is -3.37. The van der Waals surface area contributed by atoms with Gasteiger partial charge < -0.3 is 10.1 Å². The number of hydrogen-bond donors (Lipinski definition) is 1. The number of nitrogens with one attached hydrogen (secondary N) is 1. The Morgan fingerprint density at radius 3 is 2.76 bits per heavy atom. The minimum atomic E-state index is -4.47. The van der Waals surface area contributed by atoms with E-state index in [9.17, 15) is 18.0 Å². The van der Waals surface area contributed by atoms with Crippen molar-refractivity contribution in [3.8, 4) is 6.07 Å². The molecule has 0 unspecified atom stereocenters. The summed E-state index contributed by atoms with van der Waals surface area (Å²) < 4.78 is 42.5. The van der Waals surface area contributed by atoms with Crippen LogP contribution in [0.3, 0.4) is 0 Å². The number of alkyl halides is 3. The molecule has 0 bridgehead atoms. The lowest BCUT2D eigenvalue weighted by atomic mass is 10.1. The molecule has 0 aliphatic carbocycles. The number of benzene rings is 1. The number of amides is 1. The molecule has 112 valence electrons. The fourth-order valence-electron chi connectivity index (χ4n) is 1.48. The van der Waals surface area contributed by atoms with Gasteiger partial charge in [-0.15, -0.1) is 0 Å². The van der Waals surface area contributed by atoms with Gasteiger partial charge >= 0.3 is 6.18 Å². The first-order valence-corrected chi connectivity index (χ1v) is 5.94. The molecule has 0 aliphatic rings. The predicted octanol–water partition coefficient (Wildman–Crippen LogP) is 2.37. The number of carbonyl (C=O) groups excluding carboxylic acids is 1. The SMILES string of the molecule is COCCNC(=O)/C(C#N)=C\c1cccc(C(F)(F)F)c1. The van der Waals surface area contributed by atoms with Crippen LogP contribution in [0.4, 0.5) is 13.2 Å². The molecule has 0 aliphatic heterocycles. The third kappa shape index (κ3) is 5.28. The van der Waals surface area contributed by atoms with Gasteiger partial charge in [-0.1, -0.05) is 12.1 Å². The van der Waals surface area contributed by atoms with Crippen LogP contribution < -0.4 is 5.32 Å². The summed E-state index contributed by atoms with van der Waals surface area (Å²) in [5.41, 5.74) is -0.984. The molecule has 21 heavy (non-hydrogen) atoms. The van der Waals surface area contributed by atoms with Crippen molar-refractivity contribution in [3.63, 3.8) is 0 Å². The molecule has 1 rings (SSSR count). The minimum absolute atomic E-state index is 0.128. The quantitative estimate of drug-likeness (QED) is 0.516. The van der Waals surface area contributed by atoms with E-state index in [-0.39, 0.29) is 24.3 Å². The van der Waals surface area contributed by atoms with Crippen LogP contribution in [0.2, 0.25) is 0 Å². The Labute approximate surface area is 119 Å². The smallest absolute Gasteiger partial charge is 0.383 e. The second-order valence-corrected chi connectivity index (χ2v) is 4.04. The number of halogens is 3. The summed E-state index contributed by atoms with van der Waals surface area (Å²) in [5.74, 6) is -0.660. The van der Waals surface area contributed by atoms with E-state index in [1.165, 1.54) is 19.2 Å². The lowest BCUT2D eigenvalue weighted by Gasteiger charge is -2.07. The van der Waals surface area contributed by atoms with Gasteiger partial charge in [0.2, 0.25) is 0 Å². The predicted molar refractivity (Wildman–Crippen MR) is 69.9 cm³/mol. The number of methoxy groups -OCH3 is 1.